The Morgan fingerprint density at radius 1 is 1.17 bits per heavy atom. The fraction of sp³-hybridized carbons (Fsp3) is 0.300. The quantitative estimate of drug-likeness (QED) is 0.740. The summed E-state index contributed by atoms with van der Waals surface area (Å²) in [5.41, 5.74) is -0.298. The lowest BCUT2D eigenvalue weighted by Gasteiger charge is -2.14. The maximum Gasteiger partial charge on any atom is 0.356 e. The number of aromatic carboxylic acids is 1. The minimum atomic E-state index is -1.24. The predicted molar refractivity (Wildman–Crippen MR) is 58.2 cm³/mol. The lowest BCUT2D eigenvalue weighted by molar-refractivity contribution is -0.137. The topological polar surface area (TPSA) is 121 Å². The van der Waals surface area contributed by atoms with Gasteiger partial charge in [-0.15, -0.1) is 0 Å². The van der Waals surface area contributed by atoms with Gasteiger partial charge in [-0.1, -0.05) is 0 Å². The summed E-state index contributed by atoms with van der Waals surface area (Å²) in [6.07, 6.45) is 1.84. The molecule has 0 radical (unpaired) electrons. The van der Waals surface area contributed by atoms with E-state index in [1.54, 1.807) is 0 Å². The highest BCUT2D eigenvalue weighted by molar-refractivity contribution is 5.92. The van der Waals surface area contributed by atoms with Crippen molar-refractivity contribution in [1.82, 2.24) is 14.9 Å². The van der Waals surface area contributed by atoms with Crippen molar-refractivity contribution in [3.05, 3.63) is 23.8 Å². The fourth-order valence-corrected chi connectivity index (χ4v) is 1.11. The molecule has 1 heterocycles. The summed E-state index contributed by atoms with van der Waals surface area (Å²) in [7, 11) is 1.43. The Morgan fingerprint density at radius 3 is 2.17 bits per heavy atom. The first kappa shape index (κ1) is 13.6. The van der Waals surface area contributed by atoms with Gasteiger partial charge in [-0.05, 0) is 0 Å². The average Bonchev–Trinajstić information content (AvgIpc) is 2.35. The molecule has 8 nitrogen and oxygen atoms in total. The molecule has 0 aliphatic heterocycles. The smallest absolute Gasteiger partial charge is 0.356 e. The zero-order valence-corrected chi connectivity index (χ0v) is 9.53. The zero-order valence-electron chi connectivity index (χ0n) is 9.53. The summed E-state index contributed by atoms with van der Waals surface area (Å²) in [5.74, 6) is -2.76. The highest BCUT2D eigenvalue weighted by atomic mass is 16.4. The Morgan fingerprint density at radius 2 is 1.72 bits per heavy atom. The predicted octanol–water partition coefficient (Wildman–Crippen LogP) is -0.279. The van der Waals surface area contributed by atoms with E-state index in [9.17, 15) is 14.4 Å². The van der Waals surface area contributed by atoms with Crippen LogP contribution in [-0.4, -0.2) is 56.5 Å². The number of carbonyl (C=O) groups is 3. The maximum absolute atomic E-state index is 11.7. The number of amides is 1. The minimum absolute atomic E-state index is 0.0344. The molecule has 0 spiro atoms. The molecule has 0 aliphatic carbocycles. The van der Waals surface area contributed by atoms with Crippen LogP contribution in [0.2, 0.25) is 0 Å². The van der Waals surface area contributed by atoms with Crippen LogP contribution in [0.5, 0.6) is 0 Å². The van der Waals surface area contributed by atoms with E-state index in [4.69, 9.17) is 10.2 Å². The summed E-state index contributed by atoms with van der Waals surface area (Å²) in [4.78, 5) is 41.0. The Hall–Kier alpha value is -2.51. The van der Waals surface area contributed by atoms with Crippen molar-refractivity contribution in [2.45, 2.75) is 6.42 Å². The van der Waals surface area contributed by atoms with Crippen molar-refractivity contribution in [3.63, 3.8) is 0 Å². The molecule has 1 aromatic heterocycles. The van der Waals surface area contributed by atoms with Crippen molar-refractivity contribution in [2.75, 3.05) is 13.6 Å². The molecule has 0 fully saturated rings. The third-order valence-electron chi connectivity index (χ3n) is 2.10. The van der Waals surface area contributed by atoms with E-state index in [0.717, 1.165) is 12.4 Å². The third-order valence-corrected chi connectivity index (χ3v) is 2.10. The van der Waals surface area contributed by atoms with Gasteiger partial charge in [0.1, 0.15) is 5.69 Å². The molecule has 0 aliphatic rings. The number of aromatic nitrogens is 2. The molecule has 1 rings (SSSR count). The number of carbonyl (C=O) groups excluding carboxylic acids is 1. The molecule has 0 bridgehead atoms. The van der Waals surface area contributed by atoms with E-state index in [1.807, 2.05) is 0 Å². The summed E-state index contributed by atoms with van der Waals surface area (Å²) in [6.45, 7) is 0.0382. The second kappa shape index (κ2) is 5.71. The Bertz CT molecular complexity index is 471. The first-order valence-corrected chi connectivity index (χ1v) is 4.94. The molecule has 0 saturated carbocycles. The first-order valence-electron chi connectivity index (χ1n) is 4.94. The molecule has 0 saturated heterocycles. The van der Waals surface area contributed by atoms with Crippen LogP contribution in [-0.2, 0) is 4.79 Å². The van der Waals surface area contributed by atoms with Crippen molar-refractivity contribution in [2.24, 2.45) is 0 Å². The van der Waals surface area contributed by atoms with Gasteiger partial charge in [-0.3, -0.25) is 9.59 Å². The van der Waals surface area contributed by atoms with Crippen LogP contribution in [0.25, 0.3) is 0 Å². The zero-order chi connectivity index (χ0) is 13.7. The minimum Gasteiger partial charge on any atom is -0.481 e. The van der Waals surface area contributed by atoms with Gasteiger partial charge in [0.2, 0.25) is 0 Å². The van der Waals surface area contributed by atoms with Gasteiger partial charge in [0.05, 0.1) is 18.8 Å². The van der Waals surface area contributed by atoms with Gasteiger partial charge in [-0.2, -0.15) is 0 Å². The largest absolute Gasteiger partial charge is 0.481 e. The maximum atomic E-state index is 11.7. The molecular weight excluding hydrogens is 242 g/mol. The normalized spacial score (nSPS) is 9.83. The molecule has 0 atom stereocenters. The fourth-order valence-electron chi connectivity index (χ4n) is 1.11. The molecule has 1 amide bonds. The first-order chi connectivity index (χ1) is 8.41. The third kappa shape index (κ3) is 3.51. The van der Waals surface area contributed by atoms with Crippen molar-refractivity contribution < 1.29 is 24.6 Å². The lowest BCUT2D eigenvalue weighted by Crippen LogP contribution is -2.30. The van der Waals surface area contributed by atoms with Crippen LogP contribution in [0, 0.1) is 0 Å². The molecule has 18 heavy (non-hydrogen) atoms. The van der Waals surface area contributed by atoms with Crippen LogP contribution in [0.3, 0.4) is 0 Å². The van der Waals surface area contributed by atoms with E-state index in [0.29, 0.717) is 0 Å². The highest BCUT2D eigenvalue weighted by Gasteiger charge is 2.15. The van der Waals surface area contributed by atoms with E-state index in [2.05, 4.69) is 9.97 Å². The molecule has 1 aromatic rings. The summed E-state index contributed by atoms with van der Waals surface area (Å²) >= 11 is 0. The molecule has 0 aromatic carbocycles. The van der Waals surface area contributed by atoms with Crippen molar-refractivity contribution in [3.8, 4) is 0 Å². The van der Waals surface area contributed by atoms with Crippen LogP contribution in [0.4, 0.5) is 0 Å². The highest BCUT2D eigenvalue weighted by Crippen LogP contribution is 2.01. The second-order valence-electron chi connectivity index (χ2n) is 3.46. The van der Waals surface area contributed by atoms with Crippen LogP contribution in [0.1, 0.15) is 27.4 Å². The molecule has 0 unspecified atom stereocenters. The van der Waals surface area contributed by atoms with Gasteiger partial charge in [0, 0.05) is 13.6 Å². The number of carboxylic acid groups (broad SMARTS) is 2. The lowest BCUT2D eigenvalue weighted by atomic mass is 10.3. The van der Waals surface area contributed by atoms with Crippen LogP contribution in [0.15, 0.2) is 12.4 Å². The van der Waals surface area contributed by atoms with Gasteiger partial charge in [0.25, 0.3) is 5.91 Å². The van der Waals surface area contributed by atoms with Gasteiger partial charge in [-0.25, -0.2) is 14.8 Å². The number of hydrogen-bond donors (Lipinski definition) is 2. The van der Waals surface area contributed by atoms with Crippen molar-refractivity contribution in [1.29, 1.82) is 0 Å². The van der Waals surface area contributed by atoms with Crippen molar-refractivity contribution >= 4 is 17.8 Å². The Kier molecular flexibility index (Phi) is 4.30. The molecule has 2 N–H and O–H groups in total. The van der Waals surface area contributed by atoms with E-state index in [-0.39, 0.29) is 24.4 Å². The second-order valence-corrected chi connectivity index (χ2v) is 3.46. The monoisotopic (exact) mass is 253 g/mol. The Labute approximate surface area is 102 Å². The average molecular weight is 253 g/mol. The van der Waals surface area contributed by atoms with Crippen LogP contribution < -0.4 is 0 Å². The van der Waals surface area contributed by atoms with Gasteiger partial charge < -0.3 is 15.1 Å². The SMILES string of the molecule is CN(CCC(=O)O)C(=O)c1cnc(C(=O)O)cn1. The van der Waals surface area contributed by atoms with E-state index >= 15 is 0 Å². The summed E-state index contributed by atoms with van der Waals surface area (Å²) in [5, 5.41) is 17.1. The van der Waals surface area contributed by atoms with Gasteiger partial charge >= 0.3 is 11.9 Å². The number of carboxylic acids is 2. The summed E-state index contributed by atoms with van der Waals surface area (Å²) in [6, 6.07) is 0. The molecule has 8 heteroatoms. The van der Waals surface area contributed by atoms with Gasteiger partial charge in [0.15, 0.2) is 5.69 Å². The number of hydrogen-bond acceptors (Lipinski definition) is 5. The number of rotatable bonds is 5. The molecule has 96 valence electrons. The number of nitrogens with zero attached hydrogens (tertiary/aromatic N) is 3. The van der Waals surface area contributed by atoms with E-state index in [1.165, 1.54) is 11.9 Å². The van der Waals surface area contributed by atoms with Crippen LogP contribution >= 0.6 is 0 Å². The van der Waals surface area contributed by atoms with E-state index < -0.39 is 17.8 Å². The molecular formula is C10H11N3O5. The Balaban J connectivity index is 2.71. The standard InChI is InChI=1S/C10H11N3O5/c1-13(3-2-8(14)15)9(16)6-4-12-7(5-11-6)10(17)18/h4-5H,2-3H2,1H3,(H,14,15)(H,17,18). The number of aliphatic carboxylic acids is 1. The summed E-state index contributed by atoms with van der Waals surface area (Å²) < 4.78 is 0.